The summed E-state index contributed by atoms with van der Waals surface area (Å²) >= 11 is 0. The Morgan fingerprint density at radius 3 is 2.23 bits per heavy atom. The third-order valence-corrected chi connectivity index (χ3v) is 7.33. The first-order valence-corrected chi connectivity index (χ1v) is 10.2. The van der Waals surface area contributed by atoms with Crippen molar-refractivity contribution in [1.29, 1.82) is 0 Å². The van der Waals surface area contributed by atoms with Gasteiger partial charge in [-0.1, -0.05) is 29.8 Å². The molecule has 140 valence electrons. The Kier molecular flexibility index (Phi) is 5.10. The van der Waals surface area contributed by atoms with Crippen molar-refractivity contribution in [1.82, 2.24) is 0 Å². The van der Waals surface area contributed by atoms with Gasteiger partial charge in [-0.2, -0.15) is 0 Å². The second kappa shape index (κ2) is 7.02. The molecule has 0 bridgehead atoms. The third kappa shape index (κ3) is 3.24. The van der Waals surface area contributed by atoms with Crippen molar-refractivity contribution in [2.75, 3.05) is 20.3 Å². The minimum Gasteiger partial charge on any atom is -0.497 e. The van der Waals surface area contributed by atoms with E-state index in [0.717, 1.165) is 16.9 Å². The zero-order valence-corrected chi connectivity index (χ0v) is 16.1. The summed E-state index contributed by atoms with van der Waals surface area (Å²) in [5, 5.41) is -0.711. The molecule has 2 aromatic rings. The number of hydrogen-bond acceptors (Lipinski definition) is 5. The molecule has 0 aromatic heterocycles. The molecule has 5 nitrogen and oxygen atoms in total. The van der Waals surface area contributed by atoms with Crippen molar-refractivity contribution in [2.24, 2.45) is 5.73 Å². The monoisotopic (exact) mass is 375 g/mol. The van der Waals surface area contributed by atoms with Crippen molar-refractivity contribution in [2.45, 2.75) is 35.4 Å². The topological polar surface area (TPSA) is 78.6 Å². The second-order valence-corrected chi connectivity index (χ2v) is 8.85. The molecular formula is C20H25NO4S. The van der Waals surface area contributed by atoms with Crippen LogP contribution in [0.5, 0.6) is 5.75 Å². The normalized spacial score (nSPS) is 25.1. The lowest BCUT2D eigenvalue weighted by atomic mass is 10.1. The lowest BCUT2D eigenvalue weighted by molar-refractivity contribution is 0.125. The van der Waals surface area contributed by atoms with Gasteiger partial charge in [0.2, 0.25) is 0 Å². The first-order valence-electron chi connectivity index (χ1n) is 8.65. The van der Waals surface area contributed by atoms with Gasteiger partial charge in [-0.15, -0.1) is 0 Å². The van der Waals surface area contributed by atoms with E-state index in [1.54, 1.807) is 31.4 Å². The molecule has 1 fully saturated rings. The average Bonchev–Trinajstić information content (AvgIpc) is 3.27. The molecule has 0 amide bonds. The summed E-state index contributed by atoms with van der Waals surface area (Å²) in [7, 11) is -1.97. The minimum atomic E-state index is -3.57. The number of hydrogen-bond donors (Lipinski definition) is 1. The molecule has 1 aliphatic carbocycles. The highest BCUT2D eigenvalue weighted by Crippen LogP contribution is 2.55. The summed E-state index contributed by atoms with van der Waals surface area (Å²) < 4.78 is 37.2. The molecule has 26 heavy (non-hydrogen) atoms. The lowest BCUT2D eigenvalue weighted by Gasteiger charge is -2.12. The van der Waals surface area contributed by atoms with Crippen LogP contribution in [0.15, 0.2) is 53.4 Å². The Balaban J connectivity index is 1.97. The maximum atomic E-state index is 13.2. The van der Waals surface area contributed by atoms with Crippen LogP contribution < -0.4 is 10.5 Å². The van der Waals surface area contributed by atoms with Crippen molar-refractivity contribution < 1.29 is 17.9 Å². The summed E-state index contributed by atoms with van der Waals surface area (Å²) in [6.45, 7) is 4.50. The Morgan fingerprint density at radius 2 is 1.69 bits per heavy atom. The molecule has 0 heterocycles. The molecule has 6 heteroatoms. The summed E-state index contributed by atoms with van der Waals surface area (Å²) in [5.74, 6) is 0.408. The molecule has 1 saturated carbocycles. The number of aryl methyl sites for hydroxylation is 1. The third-order valence-electron chi connectivity index (χ3n) is 5.02. The Morgan fingerprint density at radius 1 is 1.08 bits per heavy atom. The molecule has 3 rings (SSSR count). The van der Waals surface area contributed by atoms with E-state index in [2.05, 4.69) is 0 Å². The summed E-state index contributed by atoms with van der Waals surface area (Å²) in [5.41, 5.74) is 7.50. The van der Waals surface area contributed by atoms with Crippen molar-refractivity contribution in [3.8, 4) is 5.75 Å². The number of sulfone groups is 1. The van der Waals surface area contributed by atoms with Gasteiger partial charge in [-0.05, 0) is 43.7 Å². The molecule has 1 aliphatic rings. The van der Waals surface area contributed by atoms with Crippen LogP contribution in [0.25, 0.3) is 0 Å². The van der Waals surface area contributed by atoms with Crippen molar-refractivity contribution in [3.05, 3.63) is 59.7 Å². The van der Waals surface area contributed by atoms with Gasteiger partial charge < -0.3 is 15.2 Å². The van der Waals surface area contributed by atoms with Gasteiger partial charge in [-0.3, -0.25) is 0 Å². The first-order chi connectivity index (χ1) is 12.3. The number of benzene rings is 2. The fraction of sp³-hybridized carbons (Fsp3) is 0.400. The van der Waals surface area contributed by atoms with Crippen LogP contribution in [-0.4, -0.2) is 39.5 Å². The van der Waals surface area contributed by atoms with Crippen LogP contribution in [0.1, 0.15) is 24.0 Å². The maximum absolute atomic E-state index is 13.2. The molecule has 0 aliphatic heterocycles. The quantitative estimate of drug-likeness (QED) is 0.805. The second-order valence-electron chi connectivity index (χ2n) is 6.78. The van der Waals surface area contributed by atoms with Crippen LogP contribution in [0.3, 0.4) is 0 Å². The van der Waals surface area contributed by atoms with E-state index in [1.165, 1.54) is 0 Å². The lowest BCUT2D eigenvalue weighted by Crippen LogP contribution is -2.36. The first kappa shape index (κ1) is 18.9. The van der Waals surface area contributed by atoms with Crippen molar-refractivity contribution in [3.63, 3.8) is 0 Å². The molecule has 2 N–H and O–H groups in total. The predicted octanol–water partition coefficient (Wildman–Crippen LogP) is 2.68. The molecular weight excluding hydrogens is 350 g/mol. The van der Waals surface area contributed by atoms with Gasteiger partial charge in [0, 0.05) is 12.5 Å². The highest BCUT2D eigenvalue weighted by Gasteiger charge is 2.69. The van der Waals surface area contributed by atoms with Gasteiger partial charge in [0.05, 0.1) is 29.4 Å². The highest BCUT2D eigenvalue weighted by molar-refractivity contribution is 7.92. The van der Waals surface area contributed by atoms with E-state index >= 15 is 0 Å². The average molecular weight is 375 g/mol. The molecule has 3 atom stereocenters. The minimum absolute atomic E-state index is 0.204. The SMILES string of the molecule is CCOC[C@]1(N)[C@@H](c2ccc(OC)cc2)[C@@H]1S(=O)(=O)c1ccc(C)cc1. The van der Waals surface area contributed by atoms with Crippen LogP contribution in [0, 0.1) is 6.92 Å². The Bertz CT molecular complexity index is 862. The fourth-order valence-electron chi connectivity index (χ4n) is 3.51. The van der Waals surface area contributed by atoms with Gasteiger partial charge in [0.15, 0.2) is 9.84 Å². The van der Waals surface area contributed by atoms with E-state index in [0.29, 0.717) is 11.5 Å². The zero-order valence-electron chi connectivity index (χ0n) is 15.3. The van der Waals surface area contributed by atoms with Gasteiger partial charge >= 0.3 is 0 Å². The maximum Gasteiger partial charge on any atom is 0.183 e. The summed E-state index contributed by atoms with van der Waals surface area (Å²) in [6.07, 6.45) is 0. The summed E-state index contributed by atoms with van der Waals surface area (Å²) in [4.78, 5) is 0.301. The summed E-state index contributed by atoms with van der Waals surface area (Å²) in [6, 6.07) is 14.3. The van der Waals surface area contributed by atoms with Gasteiger partial charge in [-0.25, -0.2) is 8.42 Å². The van der Waals surface area contributed by atoms with Gasteiger partial charge in [0.1, 0.15) is 5.75 Å². The molecule has 0 spiro atoms. The van der Waals surface area contributed by atoms with E-state index in [-0.39, 0.29) is 12.5 Å². The number of ether oxygens (including phenoxy) is 2. The van der Waals surface area contributed by atoms with E-state index in [9.17, 15) is 8.42 Å². The molecule has 2 aromatic carbocycles. The smallest absolute Gasteiger partial charge is 0.183 e. The Hall–Kier alpha value is -1.89. The zero-order chi connectivity index (χ0) is 18.9. The van der Waals surface area contributed by atoms with Crippen LogP contribution >= 0.6 is 0 Å². The standard InChI is InChI=1S/C20H25NO4S/c1-4-25-13-20(21)18(15-7-9-16(24-3)10-8-15)19(20)26(22,23)17-11-5-14(2)6-12-17/h5-12,18-19H,4,13,21H2,1-3H3/t18-,19-,20-/m0/s1. The van der Waals surface area contributed by atoms with Gasteiger partial charge in [0.25, 0.3) is 0 Å². The fourth-order valence-corrected chi connectivity index (χ4v) is 5.80. The molecule has 0 unspecified atom stereocenters. The number of methoxy groups -OCH3 is 1. The number of nitrogens with two attached hydrogens (primary N) is 1. The van der Waals surface area contributed by atoms with Crippen LogP contribution in [0.4, 0.5) is 0 Å². The van der Waals surface area contributed by atoms with Crippen molar-refractivity contribution >= 4 is 9.84 Å². The van der Waals surface area contributed by atoms with E-state index in [4.69, 9.17) is 15.2 Å². The number of rotatable bonds is 7. The Labute approximate surface area is 155 Å². The predicted molar refractivity (Wildman–Crippen MR) is 101 cm³/mol. The van der Waals surface area contributed by atoms with Crippen LogP contribution in [0.2, 0.25) is 0 Å². The van der Waals surface area contributed by atoms with Crippen LogP contribution in [-0.2, 0) is 14.6 Å². The van der Waals surface area contributed by atoms with E-state index < -0.39 is 20.6 Å². The largest absolute Gasteiger partial charge is 0.497 e. The molecule has 0 saturated heterocycles. The highest BCUT2D eigenvalue weighted by atomic mass is 32.2. The molecule has 0 radical (unpaired) electrons. The van der Waals surface area contributed by atoms with E-state index in [1.807, 2.05) is 38.1 Å².